The minimum absolute atomic E-state index is 0.235. The number of hydrogen-bond donors (Lipinski definition) is 0. The Morgan fingerprint density at radius 2 is 1.53 bits per heavy atom. The first kappa shape index (κ1) is 15.6. The molecule has 0 saturated heterocycles. The lowest BCUT2D eigenvalue weighted by molar-refractivity contribution is 0.504. The summed E-state index contributed by atoms with van der Waals surface area (Å²) in [4.78, 5) is 2.21. The van der Waals surface area contributed by atoms with Gasteiger partial charge in [0.25, 0.3) is 0 Å². The number of hydrogen-bond acceptors (Lipinski definition) is 1. The van der Waals surface area contributed by atoms with Crippen LogP contribution in [-0.4, -0.2) is 7.05 Å². The summed E-state index contributed by atoms with van der Waals surface area (Å²) in [5.74, 6) is 0. The molecule has 0 aliphatic heterocycles. The first-order valence-corrected chi connectivity index (χ1v) is 6.88. The van der Waals surface area contributed by atoms with Crippen molar-refractivity contribution in [3.63, 3.8) is 0 Å². The molecule has 1 heteroatoms. The third kappa shape index (κ3) is 4.59. The van der Waals surface area contributed by atoms with Gasteiger partial charge in [0.05, 0.1) is 0 Å². The van der Waals surface area contributed by atoms with Crippen LogP contribution in [0.2, 0.25) is 0 Å². The fourth-order valence-corrected chi connectivity index (χ4v) is 1.58. The molecule has 1 aromatic rings. The van der Waals surface area contributed by atoms with Crippen LogP contribution in [0.15, 0.2) is 47.7 Å². The van der Waals surface area contributed by atoms with Crippen molar-refractivity contribution < 1.29 is 0 Å². The highest BCUT2D eigenvalue weighted by atomic mass is 15.1. The van der Waals surface area contributed by atoms with Gasteiger partial charge in [-0.15, -0.1) is 0 Å². The summed E-state index contributed by atoms with van der Waals surface area (Å²) in [6.45, 7) is 13.2. The van der Waals surface area contributed by atoms with Gasteiger partial charge in [-0.2, -0.15) is 0 Å². The van der Waals surface area contributed by atoms with Crippen LogP contribution in [0.25, 0.3) is 0 Å². The van der Waals surface area contributed by atoms with E-state index >= 15 is 0 Å². The Morgan fingerprint density at radius 3 is 2.00 bits per heavy atom. The predicted octanol–water partition coefficient (Wildman–Crippen LogP) is 5.33. The van der Waals surface area contributed by atoms with Crippen LogP contribution >= 0.6 is 0 Å². The third-order valence-electron chi connectivity index (χ3n) is 3.71. The minimum Gasteiger partial charge on any atom is -0.348 e. The van der Waals surface area contributed by atoms with E-state index < -0.39 is 0 Å². The van der Waals surface area contributed by atoms with Crippen LogP contribution in [0.4, 0.5) is 5.69 Å². The maximum Gasteiger partial charge on any atom is 0.0405 e. The topological polar surface area (TPSA) is 3.24 Å². The molecule has 0 amide bonds. The monoisotopic (exact) mass is 257 g/mol. The summed E-state index contributed by atoms with van der Waals surface area (Å²) in [5.41, 5.74) is 5.39. The third-order valence-corrected chi connectivity index (χ3v) is 3.71. The van der Waals surface area contributed by atoms with Gasteiger partial charge in [-0.25, -0.2) is 0 Å². The molecule has 0 bridgehead atoms. The molecule has 1 nitrogen and oxygen atoms in total. The lowest BCUT2D eigenvalue weighted by atomic mass is 9.87. The Kier molecular flexibility index (Phi) is 4.99. The lowest BCUT2D eigenvalue weighted by Gasteiger charge is -2.21. The lowest BCUT2D eigenvalue weighted by Crippen LogP contribution is -2.14. The second-order valence-corrected chi connectivity index (χ2v) is 6.30. The first-order chi connectivity index (χ1) is 8.71. The van der Waals surface area contributed by atoms with Gasteiger partial charge in [-0.05, 0) is 44.4 Å². The molecule has 1 aromatic carbocycles. The summed E-state index contributed by atoms with van der Waals surface area (Å²) in [5, 5.41) is 0. The zero-order valence-corrected chi connectivity index (χ0v) is 13.4. The fourth-order valence-electron chi connectivity index (χ4n) is 1.58. The average molecular weight is 257 g/mol. The van der Waals surface area contributed by atoms with Gasteiger partial charge < -0.3 is 4.90 Å². The zero-order valence-electron chi connectivity index (χ0n) is 13.4. The van der Waals surface area contributed by atoms with E-state index in [1.165, 1.54) is 22.5 Å². The fraction of sp³-hybridized carbons (Fsp3) is 0.444. The quantitative estimate of drug-likeness (QED) is 0.662. The second kappa shape index (κ2) is 6.10. The Bertz CT molecular complexity index is 469. The summed E-state index contributed by atoms with van der Waals surface area (Å²) < 4.78 is 0. The molecule has 0 unspecified atom stereocenters. The Hall–Kier alpha value is -1.50. The van der Waals surface area contributed by atoms with Gasteiger partial charge in [0, 0.05) is 18.4 Å². The molecule has 19 heavy (non-hydrogen) atoms. The number of anilines is 1. The smallest absolute Gasteiger partial charge is 0.0405 e. The van der Waals surface area contributed by atoms with Crippen LogP contribution in [-0.2, 0) is 0 Å². The highest BCUT2D eigenvalue weighted by molar-refractivity contribution is 5.52. The van der Waals surface area contributed by atoms with Crippen molar-refractivity contribution in [1.29, 1.82) is 0 Å². The highest BCUT2D eigenvalue weighted by Gasteiger charge is 2.11. The van der Waals surface area contributed by atoms with E-state index in [4.69, 9.17) is 0 Å². The number of allylic oxidation sites excluding steroid dienone is 4. The molecular weight excluding hydrogens is 230 g/mol. The summed E-state index contributed by atoms with van der Waals surface area (Å²) >= 11 is 0. The molecule has 0 atom stereocenters. The second-order valence-electron chi connectivity index (χ2n) is 6.30. The van der Waals surface area contributed by atoms with Gasteiger partial charge in [-0.3, -0.25) is 0 Å². The summed E-state index contributed by atoms with van der Waals surface area (Å²) in [7, 11) is 2.11. The van der Waals surface area contributed by atoms with Gasteiger partial charge >= 0.3 is 0 Å². The summed E-state index contributed by atoms with van der Waals surface area (Å²) in [6, 6.07) is 8.62. The largest absolute Gasteiger partial charge is 0.348 e. The van der Waals surface area contributed by atoms with Crippen LogP contribution < -0.4 is 4.90 Å². The van der Waals surface area contributed by atoms with E-state index in [9.17, 15) is 0 Å². The molecular formula is C18H27N. The standard InChI is InChI=1S/C18H27N/c1-14-8-12-17(13-9-14)19(7)16(3)11-10-15(2)18(4,5)6/h8-13H,1-7H3/b15-10+,16-11+. The van der Waals surface area contributed by atoms with E-state index in [2.05, 4.69) is 89.9 Å². The van der Waals surface area contributed by atoms with E-state index in [-0.39, 0.29) is 5.41 Å². The highest BCUT2D eigenvalue weighted by Crippen LogP contribution is 2.25. The molecule has 0 heterocycles. The van der Waals surface area contributed by atoms with Crippen LogP contribution in [0.1, 0.15) is 40.2 Å². The maximum atomic E-state index is 2.24. The van der Waals surface area contributed by atoms with Crippen molar-refractivity contribution >= 4 is 5.69 Å². The van der Waals surface area contributed by atoms with Crippen molar-refractivity contribution in [2.45, 2.75) is 41.5 Å². The SMILES string of the molecule is C/C(=C\C=C(/C)C(C)(C)C)N(C)c1ccc(C)cc1. The molecule has 0 spiro atoms. The van der Waals surface area contributed by atoms with Gasteiger partial charge in [0.2, 0.25) is 0 Å². The normalized spacial score (nSPS) is 13.6. The molecule has 0 aliphatic rings. The van der Waals surface area contributed by atoms with Crippen LogP contribution in [0.3, 0.4) is 0 Å². The molecule has 0 radical (unpaired) electrons. The predicted molar refractivity (Wildman–Crippen MR) is 86.6 cm³/mol. The van der Waals surface area contributed by atoms with Crippen molar-refractivity contribution in [2.24, 2.45) is 5.41 Å². The van der Waals surface area contributed by atoms with Crippen molar-refractivity contribution in [3.8, 4) is 0 Å². The Labute approximate surface area is 118 Å². The Balaban J connectivity index is 2.88. The van der Waals surface area contributed by atoms with Crippen molar-refractivity contribution in [2.75, 3.05) is 11.9 Å². The van der Waals surface area contributed by atoms with Gasteiger partial charge in [0.15, 0.2) is 0 Å². The minimum atomic E-state index is 0.235. The number of aryl methyl sites for hydroxylation is 1. The molecule has 0 aromatic heterocycles. The number of benzene rings is 1. The molecule has 0 saturated carbocycles. The molecule has 1 rings (SSSR count). The van der Waals surface area contributed by atoms with Crippen molar-refractivity contribution in [1.82, 2.24) is 0 Å². The molecule has 104 valence electrons. The molecule has 0 fully saturated rings. The van der Waals surface area contributed by atoms with E-state index in [0.29, 0.717) is 0 Å². The average Bonchev–Trinajstić information content (AvgIpc) is 2.34. The first-order valence-electron chi connectivity index (χ1n) is 6.88. The summed E-state index contributed by atoms with van der Waals surface area (Å²) in [6.07, 6.45) is 4.42. The van der Waals surface area contributed by atoms with E-state index in [1.54, 1.807) is 0 Å². The van der Waals surface area contributed by atoms with Gasteiger partial charge in [0.1, 0.15) is 0 Å². The molecule has 0 aliphatic carbocycles. The molecule has 0 N–H and O–H groups in total. The van der Waals surface area contributed by atoms with Crippen molar-refractivity contribution in [3.05, 3.63) is 53.3 Å². The van der Waals surface area contributed by atoms with E-state index in [0.717, 1.165) is 0 Å². The Morgan fingerprint density at radius 1 is 1.00 bits per heavy atom. The number of rotatable bonds is 3. The van der Waals surface area contributed by atoms with Crippen LogP contribution in [0.5, 0.6) is 0 Å². The van der Waals surface area contributed by atoms with Gasteiger partial charge in [-0.1, -0.05) is 50.1 Å². The maximum absolute atomic E-state index is 2.24. The zero-order chi connectivity index (χ0) is 14.6. The van der Waals surface area contributed by atoms with E-state index in [1.807, 2.05) is 0 Å². The number of nitrogens with zero attached hydrogens (tertiary/aromatic N) is 1. The van der Waals surface area contributed by atoms with Crippen LogP contribution in [0, 0.1) is 12.3 Å².